The molecule has 0 saturated carbocycles. The number of carboxylic acids is 1. The van der Waals surface area contributed by atoms with Gasteiger partial charge in [0.2, 0.25) is 0 Å². The first-order valence-corrected chi connectivity index (χ1v) is 9.34. The van der Waals surface area contributed by atoms with Crippen molar-refractivity contribution in [3.63, 3.8) is 0 Å². The number of carbonyl (C=O) groups is 3. The third kappa shape index (κ3) is 3.96. The zero-order valence-electron chi connectivity index (χ0n) is 14.9. The first-order valence-electron chi connectivity index (χ1n) is 8.71. The van der Waals surface area contributed by atoms with Crippen molar-refractivity contribution in [1.82, 2.24) is 9.80 Å². The van der Waals surface area contributed by atoms with E-state index in [9.17, 15) is 24.6 Å². The highest BCUT2D eigenvalue weighted by atomic mass is 32.1. The largest absolute Gasteiger partial charge is 0.508 e. The number of aromatic hydroxyl groups is 1. The fourth-order valence-corrected chi connectivity index (χ4v) is 3.64. The number of carbonyl (C=O) groups excluding carboxylic acids is 2. The van der Waals surface area contributed by atoms with E-state index in [-0.39, 0.29) is 11.5 Å². The van der Waals surface area contributed by atoms with Gasteiger partial charge in [0, 0.05) is 5.75 Å². The first kappa shape index (κ1) is 19.8. The Morgan fingerprint density at radius 1 is 1.07 bits per heavy atom. The summed E-state index contributed by atoms with van der Waals surface area (Å²) in [6.45, 7) is -0.600. The number of benzene rings is 2. The zero-order chi connectivity index (χ0) is 20.3. The summed E-state index contributed by atoms with van der Waals surface area (Å²) >= 11 is 4.32. The number of carboxylic acid groups (broad SMARTS) is 1. The molecule has 1 fully saturated rings. The Balaban J connectivity index is 1.94. The molecule has 7 nitrogen and oxygen atoms in total. The van der Waals surface area contributed by atoms with E-state index < -0.39 is 36.5 Å². The normalized spacial score (nSPS) is 17.8. The van der Waals surface area contributed by atoms with Crippen LogP contribution in [0, 0.1) is 0 Å². The van der Waals surface area contributed by atoms with Crippen LogP contribution < -0.4 is 0 Å². The van der Waals surface area contributed by atoms with Crippen LogP contribution >= 0.6 is 12.6 Å². The Hall–Kier alpha value is -3.00. The molecule has 3 rings (SSSR count). The van der Waals surface area contributed by atoms with Crippen LogP contribution in [0.3, 0.4) is 0 Å². The summed E-state index contributed by atoms with van der Waals surface area (Å²) in [6, 6.07) is 13.0. The molecule has 1 heterocycles. The Kier molecular flexibility index (Phi) is 5.89. The maximum Gasteiger partial charge on any atom is 0.328 e. The quantitative estimate of drug-likeness (QED) is 0.489. The SMILES string of the molecule is O=C(O)CN1C(=O)N(C(CS)Cc2ccccc2)C(=O)C1c1ccc(O)cc1. The molecule has 2 unspecified atom stereocenters. The lowest BCUT2D eigenvalue weighted by Gasteiger charge is -2.24. The van der Waals surface area contributed by atoms with Gasteiger partial charge < -0.3 is 10.2 Å². The number of rotatable bonds is 7. The number of hydrogen-bond acceptors (Lipinski definition) is 5. The topological polar surface area (TPSA) is 98.2 Å². The number of imide groups is 1. The Morgan fingerprint density at radius 2 is 1.71 bits per heavy atom. The summed E-state index contributed by atoms with van der Waals surface area (Å²) in [6.07, 6.45) is 0.422. The van der Waals surface area contributed by atoms with E-state index in [0.717, 1.165) is 15.4 Å². The van der Waals surface area contributed by atoms with Crippen molar-refractivity contribution in [2.75, 3.05) is 12.3 Å². The second-order valence-electron chi connectivity index (χ2n) is 6.53. The predicted octanol–water partition coefficient (Wildman–Crippen LogP) is 2.32. The van der Waals surface area contributed by atoms with Gasteiger partial charge in [-0.2, -0.15) is 12.6 Å². The van der Waals surface area contributed by atoms with Gasteiger partial charge in [-0.1, -0.05) is 42.5 Å². The molecule has 0 aromatic heterocycles. The molecular formula is C20H20N2O5S. The highest BCUT2D eigenvalue weighted by molar-refractivity contribution is 7.80. The molecule has 2 N–H and O–H groups in total. The van der Waals surface area contributed by atoms with Crippen LogP contribution in [0.25, 0.3) is 0 Å². The molecule has 2 aromatic carbocycles. The van der Waals surface area contributed by atoms with Crippen molar-refractivity contribution in [3.8, 4) is 5.75 Å². The van der Waals surface area contributed by atoms with Crippen LogP contribution in [0.15, 0.2) is 54.6 Å². The summed E-state index contributed by atoms with van der Waals surface area (Å²) in [5.74, 6) is -1.45. The van der Waals surface area contributed by atoms with Crippen molar-refractivity contribution in [1.29, 1.82) is 0 Å². The molecule has 8 heteroatoms. The number of phenols is 1. The molecular weight excluding hydrogens is 380 g/mol. The molecule has 28 heavy (non-hydrogen) atoms. The van der Waals surface area contributed by atoms with Gasteiger partial charge >= 0.3 is 12.0 Å². The first-order chi connectivity index (χ1) is 13.4. The molecule has 1 aliphatic heterocycles. The van der Waals surface area contributed by atoms with E-state index in [2.05, 4.69) is 12.6 Å². The average Bonchev–Trinajstić information content (AvgIpc) is 2.91. The lowest BCUT2D eigenvalue weighted by molar-refractivity contribution is -0.138. The Bertz CT molecular complexity index is 872. The lowest BCUT2D eigenvalue weighted by Crippen LogP contribution is -2.44. The van der Waals surface area contributed by atoms with E-state index in [1.54, 1.807) is 0 Å². The van der Waals surface area contributed by atoms with E-state index in [1.807, 2.05) is 30.3 Å². The summed E-state index contributed by atoms with van der Waals surface area (Å²) in [5.41, 5.74) is 1.39. The van der Waals surface area contributed by atoms with Crippen LogP contribution in [-0.2, 0) is 16.0 Å². The van der Waals surface area contributed by atoms with Gasteiger partial charge in [0.25, 0.3) is 5.91 Å². The number of amides is 3. The molecule has 0 aliphatic carbocycles. The van der Waals surface area contributed by atoms with Crippen molar-refractivity contribution in [3.05, 3.63) is 65.7 Å². The van der Waals surface area contributed by atoms with Gasteiger partial charge in [-0.25, -0.2) is 4.79 Å². The summed E-state index contributed by atoms with van der Waals surface area (Å²) < 4.78 is 0. The van der Waals surface area contributed by atoms with Crippen molar-refractivity contribution < 1.29 is 24.6 Å². The molecule has 146 valence electrons. The van der Waals surface area contributed by atoms with Crippen LogP contribution in [0.2, 0.25) is 0 Å². The summed E-state index contributed by atoms with van der Waals surface area (Å²) in [7, 11) is 0. The smallest absolute Gasteiger partial charge is 0.328 e. The predicted molar refractivity (Wildman–Crippen MR) is 105 cm³/mol. The number of nitrogens with zero attached hydrogens (tertiary/aromatic N) is 2. The molecule has 2 aromatic rings. The van der Waals surface area contributed by atoms with Gasteiger partial charge in [0.05, 0.1) is 6.04 Å². The van der Waals surface area contributed by atoms with E-state index in [0.29, 0.717) is 12.0 Å². The number of urea groups is 1. The minimum Gasteiger partial charge on any atom is -0.508 e. The molecule has 0 spiro atoms. The second kappa shape index (κ2) is 8.35. The maximum atomic E-state index is 13.2. The minimum atomic E-state index is -1.21. The van der Waals surface area contributed by atoms with Crippen LogP contribution in [-0.4, -0.2) is 56.3 Å². The number of hydrogen-bond donors (Lipinski definition) is 3. The van der Waals surface area contributed by atoms with E-state index in [1.165, 1.54) is 24.3 Å². The summed E-state index contributed by atoms with van der Waals surface area (Å²) in [4.78, 5) is 39.6. The number of phenolic OH excluding ortho intramolecular Hbond substituents is 1. The van der Waals surface area contributed by atoms with Gasteiger partial charge in [0.15, 0.2) is 0 Å². The van der Waals surface area contributed by atoms with Crippen molar-refractivity contribution >= 4 is 30.5 Å². The monoisotopic (exact) mass is 400 g/mol. The summed E-state index contributed by atoms with van der Waals surface area (Å²) in [5, 5.41) is 18.7. The molecule has 1 saturated heterocycles. The third-order valence-electron chi connectivity index (χ3n) is 4.64. The van der Waals surface area contributed by atoms with E-state index >= 15 is 0 Å². The Morgan fingerprint density at radius 3 is 2.29 bits per heavy atom. The average molecular weight is 400 g/mol. The molecule has 0 radical (unpaired) electrons. The van der Waals surface area contributed by atoms with Gasteiger partial charge in [-0.15, -0.1) is 0 Å². The van der Waals surface area contributed by atoms with Crippen molar-refractivity contribution in [2.45, 2.75) is 18.5 Å². The fraction of sp³-hybridized carbons (Fsp3) is 0.250. The Labute approximate surface area is 167 Å². The van der Waals surface area contributed by atoms with E-state index in [4.69, 9.17) is 0 Å². The van der Waals surface area contributed by atoms with Gasteiger partial charge in [-0.05, 0) is 29.7 Å². The lowest BCUT2D eigenvalue weighted by atomic mass is 10.0. The number of aliphatic carboxylic acids is 1. The molecule has 1 aliphatic rings. The maximum absolute atomic E-state index is 13.2. The molecule has 0 bridgehead atoms. The van der Waals surface area contributed by atoms with Gasteiger partial charge in [0.1, 0.15) is 18.3 Å². The van der Waals surface area contributed by atoms with Crippen LogP contribution in [0.1, 0.15) is 17.2 Å². The molecule has 2 atom stereocenters. The van der Waals surface area contributed by atoms with Crippen LogP contribution in [0.5, 0.6) is 5.75 Å². The minimum absolute atomic E-state index is 0.0134. The standard InChI is InChI=1S/C20H20N2O5S/c23-16-8-6-14(7-9-16)18-19(26)22(20(27)21(18)11-17(24)25)15(12-28)10-13-4-2-1-3-5-13/h1-9,15,18,23,28H,10-12H2,(H,24,25). The fourth-order valence-electron chi connectivity index (χ4n) is 3.35. The van der Waals surface area contributed by atoms with Gasteiger partial charge in [-0.3, -0.25) is 19.4 Å². The molecule has 3 amide bonds. The second-order valence-corrected chi connectivity index (χ2v) is 6.90. The third-order valence-corrected chi connectivity index (χ3v) is 5.06. The highest BCUT2D eigenvalue weighted by Gasteiger charge is 2.49. The highest BCUT2D eigenvalue weighted by Crippen LogP contribution is 2.33. The van der Waals surface area contributed by atoms with Crippen molar-refractivity contribution in [2.24, 2.45) is 0 Å². The van der Waals surface area contributed by atoms with Crippen LogP contribution in [0.4, 0.5) is 4.79 Å². The zero-order valence-corrected chi connectivity index (χ0v) is 15.8. The number of thiol groups is 1.